The van der Waals surface area contributed by atoms with E-state index in [9.17, 15) is 4.79 Å². The molecule has 2 aromatic heterocycles. The number of ether oxygens (including phenoxy) is 2. The van der Waals surface area contributed by atoms with Crippen LogP contribution in [0.1, 0.15) is 44.2 Å². The van der Waals surface area contributed by atoms with E-state index in [1.165, 1.54) is 25.3 Å². The first-order valence-corrected chi connectivity index (χ1v) is 13.0. The van der Waals surface area contributed by atoms with Gasteiger partial charge in [-0.3, -0.25) is 4.79 Å². The maximum atomic E-state index is 13.6. The summed E-state index contributed by atoms with van der Waals surface area (Å²) in [5.41, 5.74) is 16.9. The summed E-state index contributed by atoms with van der Waals surface area (Å²) in [5.74, 6) is 0.935. The highest BCUT2D eigenvalue weighted by Crippen LogP contribution is 2.37. The molecule has 4 aromatic rings. The van der Waals surface area contributed by atoms with Crippen LogP contribution in [0.15, 0.2) is 73.2 Å². The van der Waals surface area contributed by atoms with E-state index in [1.54, 1.807) is 36.7 Å². The Balaban J connectivity index is 1.48. The van der Waals surface area contributed by atoms with E-state index in [1.807, 2.05) is 24.4 Å². The number of fused-ring (bicyclic) bond motifs is 1. The van der Waals surface area contributed by atoms with Crippen molar-refractivity contribution in [2.24, 2.45) is 0 Å². The summed E-state index contributed by atoms with van der Waals surface area (Å²) < 4.78 is 11.2. The number of carbonyl (C=O) groups is 1. The first kappa shape index (κ1) is 27.0. The highest BCUT2D eigenvalue weighted by Gasteiger charge is 2.27. The van der Waals surface area contributed by atoms with Gasteiger partial charge < -0.3 is 25.8 Å². The van der Waals surface area contributed by atoms with Gasteiger partial charge in [-0.05, 0) is 46.9 Å². The predicted molar refractivity (Wildman–Crippen MR) is 155 cm³/mol. The van der Waals surface area contributed by atoms with Crippen LogP contribution in [0, 0.1) is 0 Å². The normalized spacial score (nSPS) is 14.7. The second-order valence-electron chi connectivity index (χ2n) is 9.38. The number of hydrogen-bond donors (Lipinski definition) is 2. The number of aromatic nitrogens is 3. The first-order valence-electron chi connectivity index (χ1n) is 12.7. The zero-order valence-corrected chi connectivity index (χ0v) is 22.9. The fraction of sp³-hybridized carbons (Fsp3) is 0.200. The highest BCUT2D eigenvalue weighted by atomic mass is 35.5. The maximum Gasteiger partial charge on any atom is 0.221 e. The minimum atomic E-state index is -0.231. The van der Waals surface area contributed by atoms with Gasteiger partial charge >= 0.3 is 0 Å². The Morgan fingerprint density at radius 3 is 2.65 bits per heavy atom. The minimum absolute atomic E-state index is 0.0996. The highest BCUT2D eigenvalue weighted by molar-refractivity contribution is 6.29. The molecule has 0 amide bonds. The molecule has 0 fully saturated rings. The number of pyridine rings is 1. The molecule has 4 N–H and O–H groups in total. The number of benzene rings is 2. The Labute approximate surface area is 237 Å². The average Bonchev–Trinajstić information content (AvgIpc) is 2.97. The maximum absolute atomic E-state index is 13.6. The van der Waals surface area contributed by atoms with Gasteiger partial charge in [0.15, 0.2) is 17.3 Å². The van der Waals surface area contributed by atoms with Crippen LogP contribution in [0.4, 0.5) is 11.8 Å². The molecule has 1 unspecified atom stereocenters. The molecule has 0 aliphatic carbocycles. The van der Waals surface area contributed by atoms with Crippen molar-refractivity contribution in [1.82, 2.24) is 19.9 Å². The summed E-state index contributed by atoms with van der Waals surface area (Å²) in [4.78, 5) is 28.1. The van der Waals surface area contributed by atoms with E-state index in [4.69, 9.17) is 32.5 Å². The molecular formula is C30H29ClN6O3. The second-order valence-corrected chi connectivity index (χ2v) is 9.77. The summed E-state index contributed by atoms with van der Waals surface area (Å²) in [6.45, 7) is 0.727. The molecule has 9 nitrogen and oxygen atoms in total. The Bertz CT molecular complexity index is 1570. The molecule has 1 atom stereocenters. The van der Waals surface area contributed by atoms with E-state index >= 15 is 0 Å². The van der Waals surface area contributed by atoms with Gasteiger partial charge in [-0.2, -0.15) is 4.98 Å². The van der Waals surface area contributed by atoms with E-state index in [2.05, 4.69) is 32.0 Å². The summed E-state index contributed by atoms with van der Waals surface area (Å²) in [7, 11) is 3.04. The topological polar surface area (TPSA) is 129 Å². The van der Waals surface area contributed by atoms with Crippen molar-refractivity contribution in [3.63, 3.8) is 0 Å². The Morgan fingerprint density at radius 2 is 1.93 bits per heavy atom. The van der Waals surface area contributed by atoms with Gasteiger partial charge in [0.25, 0.3) is 0 Å². The smallest absolute Gasteiger partial charge is 0.221 e. The number of halogens is 1. The second kappa shape index (κ2) is 11.6. The molecule has 0 spiro atoms. The van der Waals surface area contributed by atoms with Crippen LogP contribution in [-0.2, 0) is 12.8 Å². The number of nitrogen functional groups attached to an aromatic ring is 2. The van der Waals surface area contributed by atoms with Gasteiger partial charge in [-0.25, -0.2) is 9.97 Å². The van der Waals surface area contributed by atoms with Gasteiger partial charge in [0, 0.05) is 43.2 Å². The quantitative estimate of drug-likeness (QED) is 0.181. The van der Waals surface area contributed by atoms with E-state index in [-0.39, 0.29) is 23.6 Å². The molecular weight excluding hydrogens is 528 g/mol. The third-order valence-corrected chi connectivity index (χ3v) is 7.14. The van der Waals surface area contributed by atoms with E-state index < -0.39 is 0 Å². The summed E-state index contributed by atoms with van der Waals surface area (Å²) in [5, 5.41) is 0.429. The molecule has 0 saturated carbocycles. The van der Waals surface area contributed by atoms with Crippen molar-refractivity contribution < 1.29 is 14.3 Å². The Kier molecular flexibility index (Phi) is 7.84. The molecule has 0 bridgehead atoms. The number of nitrogens with two attached hydrogens (primary N) is 2. The van der Waals surface area contributed by atoms with Crippen molar-refractivity contribution >= 4 is 29.2 Å². The zero-order chi connectivity index (χ0) is 28.2. The van der Waals surface area contributed by atoms with Crippen LogP contribution in [0.3, 0.4) is 0 Å². The van der Waals surface area contributed by atoms with Gasteiger partial charge in [0.1, 0.15) is 11.0 Å². The lowest BCUT2D eigenvalue weighted by Gasteiger charge is -2.37. The van der Waals surface area contributed by atoms with Crippen molar-refractivity contribution in [2.45, 2.75) is 18.9 Å². The molecule has 10 heteroatoms. The van der Waals surface area contributed by atoms with Crippen LogP contribution < -0.4 is 20.9 Å². The van der Waals surface area contributed by atoms with Crippen LogP contribution in [0.2, 0.25) is 5.15 Å². The molecule has 1 aliphatic rings. The van der Waals surface area contributed by atoms with Crippen LogP contribution in [0.5, 0.6) is 11.5 Å². The predicted octanol–water partition coefficient (Wildman–Crippen LogP) is 4.64. The monoisotopic (exact) mass is 556 g/mol. The van der Waals surface area contributed by atoms with Crippen molar-refractivity contribution in [3.8, 4) is 11.5 Å². The molecule has 0 radical (unpaired) electrons. The van der Waals surface area contributed by atoms with Crippen molar-refractivity contribution in [3.05, 3.63) is 112 Å². The molecule has 204 valence electrons. The average molecular weight is 557 g/mol. The van der Waals surface area contributed by atoms with Gasteiger partial charge in [0.2, 0.25) is 5.95 Å². The fourth-order valence-corrected chi connectivity index (χ4v) is 5.13. The lowest BCUT2D eigenvalue weighted by Crippen LogP contribution is -2.32. The molecule has 5 rings (SSSR count). The standard InChI is InChI=1S/C30H29ClN6O3/c1-39-25-15-18(13-21-17-35-30(33)36-29(21)32)14-23(28(25)40-2)24(38)10-12-37-11-9-19-5-3-4-6-22(19)27(37)20-7-8-26(31)34-16-20/h3-8,10,12,14-17,27H,9,11,13H2,1-2H3,(H4,32,33,35,36)/b12-10+. The number of ketones is 1. The Morgan fingerprint density at radius 1 is 1.10 bits per heavy atom. The van der Waals surface area contributed by atoms with E-state index in [0.717, 1.165) is 24.1 Å². The van der Waals surface area contributed by atoms with Crippen molar-refractivity contribution in [2.75, 3.05) is 32.2 Å². The van der Waals surface area contributed by atoms with Gasteiger partial charge in [0.05, 0.1) is 25.8 Å². The summed E-state index contributed by atoms with van der Waals surface area (Å²) in [6.07, 6.45) is 7.99. The minimum Gasteiger partial charge on any atom is -0.493 e. The first-order chi connectivity index (χ1) is 19.4. The number of hydrogen-bond acceptors (Lipinski definition) is 9. The van der Waals surface area contributed by atoms with Gasteiger partial charge in [-0.1, -0.05) is 41.9 Å². The van der Waals surface area contributed by atoms with Gasteiger partial charge in [-0.15, -0.1) is 0 Å². The molecule has 2 aromatic carbocycles. The SMILES string of the molecule is COc1cc(Cc2cnc(N)nc2N)cc(C(=O)/C=C/N2CCc3ccccc3C2c2ccc(Cl)nc2)c1OC. The lowest BCUT2D eigenvalue weighted by molar-refractivity contribution is 0.104. The summed E-state index contributed by atoms with van der Waals surface area (Å²) in [6, 6.07) is 15.5. The van der Waals surface area contributed by atoms with Crippen LogP contribution >= 0.6 is 11.6 Å². The fourth-order valence-electron chi connectivity index (χ4n) is 5.02. The third kappa shape index (κ3) is 5.55. The van der Waals surface area contributed by atoms with Crippen LogP contribution in [0.25, 0.3) is 0 Å². The largest absolute Gasteiger partial charge is 0.493 e. The number of carbonyl (C=O) groups excluding carboxylic acids is 1. The number of allylic oxidation sites excluding steroid dienone is 1. The van der Waals surface area contributed by atoms with E-state index in [0.29, 0.717) is 34.2 Å². The molecule has 3 heterocycles. The third-order valence-electron chi connectivity index (χ3n) is 6.92. The molecule has 40 heavy (non-hydrogen) atoms. The number of methoxy groups -OCH3 is 2. The number of nitrogens with zero attached hydrogens (tertiary/aromatic N) is 4. The molecule has 0 saturated heterocycles. The zero-order valence-electron chi connectivity index (χ0n) is 22.2. The number of anilines is 2. The molecule has 1 aliphatic heterocycles. The van der Waals surface area contributed by atoms with Crippen LogP contribution in [-0.4, -0.2) is 46.4 Å². The van der Waals surface area contributed by atoms with Crippen molar-refractivity contribution in [1.29, 1.82) is 0 Å². The number of rotatable bonds is 8. The Hall–Kier alpha value is -4.63. The summed E-state index contributed by atoms with van der Waals surface area (Å²) >= 11 is 6.07. The lowest BCUT2D eigenvalue weighted by atomic mass is 9.89.